The Balaban J connectivity index is 0.00000338. The first-order valence-corrected chi connectivity index (χ1v) is 8.08. The smallest absolute Gasteiger partial charge is 0.344 e. The van der Waals surface area contributed by atoms with E-state index in [1.165, 1.54) is 6.20 Å². The summed E-state index contributed by atoms with van der Waals surface area (Å²) < 4.78 is 10.4. The molecule has 140 valence electrons. The van der Waals surface area contributed by atoms with Crippen LogP contribution in [0.25, 0.3) is 0 Å². The van der Waals surface area contributed by atoms with Crippen LogP contribution in [0.1, 0.15) is 21.5 Å². The predicted molar refractivity (Wildman–Crippen MR) is 101 cm³/mol. The highest BCUT2D eigenvalue weighted by Crippen LogP contribution is 2.25. The van der Waals surface area contributed by atoms with Gasteiger partial charge in [0.2, 0.25) is 0 Å². The third-order valence-electron chi connectivity index (χ3n) is 3.34. The van der Waals surface area contributed by atoms with Gasteiger partial charge in [0.1, 0.15) is 12.4 Å². The maximum atomic E-state index is 11.8. The topological polar surface area (TPSA) is 77.5 Å². The molecule has 0 fully saturated rings. The predicted octanol–water partition coefficient (Wildman–Crippen LogP) is 3.13. The zero-order valence-corrected chi connectivity index (χ0v) is 16.0. The molecule has 26 heavy (non-hydrogen) atoms. The lowest BCUT2D eigenvalue weighted by Gasteiger charge is -2.10. The number of nitrogens with zero attached hydrogens (tertiary/aromatic N) is 1. The number of aryl methyl sites for hydroxylation is 2. The molecule has 1 aromatic carbocycles. The standard InChI is InChI=1S/C18H19ClN2O4.ClH/c1-12-8-15(9-13(2)17(12)19)25-11-16(22)24-7-6-21-18(23)14-4-3-5-20-10-14;/h3-5,8-10H,6-7,11H2,1-2H3,(H,21,23);1H. The normalized spacial score (nSPS) is 9.81. The highest BCUT2D eigenvalue weighted by atomic mass is 35.5. The molecule has 0 radical (unpaired) electrons. The number of hydrogen-bond donors (Lipinski definition) is 1. The van der Waals surface area contributed by atoms with Gasteiger partial charge >= 0.3 is 5.97 Å². The van der Waals surface area contributed by atoms with Crippen molar-refractivity contribution in [1.29, 1.82) is 0 Å². The van der Waals surface area contributed by atoms with Crippen LogP contribution in [0.3, 0.4) is 0 Å². The molecule has 2 aromatic rings. The molecule has 1 N–H and O–H groups in total. The molecule has 8 heteroatoms. The number of carbonyl (C=O) groups is 2. The van der Waals surface area contributed by atoms with Crippen molar-refractivity contribution in [3.05, 3.63) is 58.4 Å². The van der Waals surface area contributed by atoms with Gasteiger partial charge in [-0.3, -0.25) is 9.78 Å². The van der Waals surface area contributed by atoms with Crippen molar-refractivity contribution in [3.8, 4) is 5.75 Å². The fraction of sp³-hybridized carbons (Fsp3) is 0.278. The van der Waals surface area contributed by atoms with Gasteiger partial charge in [0.05, 0.1) is 12.1 Å². The molecule has 0 atom stereocenters. The summed E-state index contributed by atoms with van der Waals surface area (Å²) in [5.41, 5.74) is 2.21. The summed E-state index contributed by atoms with van der Waals surface area (Å²) in [6.45, 7) is 3.79. The number of carbonyl (C=O) groups excluding carboxylic acids is 2. The van der Waals surface area contributed by atoms with Crippen LogP contribution in [0.2, 0.25) is 5.02 Å². The van der Waals surface area contributed by atoms with Crippen LogP contribution in [0.15, 0.2) is 36.7 Å². The number of pyridine rings is 1. The number of halogens is 2. The van der Waals surface area contributed by atoms with Gasteiger partial charge in [-0.25, -0.2) is 4.79 Å². The lowest BCUT2D eigenvalue weighted by Crippen LogP contribution is -2.28. The molecule has 1 aromatic heterocycles. The molecule has 0 bridgehead atoms. The molecule has 1 amide bonds. The third-order valence-corrected chi connectivity index (χ3v) is 3.94. The van der Waals surface area contributed by atoms with Crippen molar-refractivity contribution in [3.63, 3.8) is 0 Å². The second-order valence-corrected chi connectivity index (χ2v) is 5.76. The molecule has 0 aliphatic carbocycles. The highest BCUT2D eigenvalue weighted by Gasteiger charge is 2.08. The van der Waals surface area contributed by atoms with E-state index in [0.717, 1.165) is 11.1 Å². The van der Waals surface area contributed by atoms with E-state index in [-0.39, 0.29) is 38.1 Å². The summed E-state index contributed by atoms with van der Waals surface area (Å²) in [5, 5.41) is 3.32. The zero-order chi connectivity index (χ0) is 18.2. The van der Waals surface area contributed by atoms with E-state index in [0.29, 0.717) is 16.3 Å². The molecule has 0 aliphatic heterocycles. The van der Waals surface area contributed by atoms with Crippen molar-refractivity contribution >= 4 is 35.9 Å². The second kappa shape index (κ2) is 10.6. The Kier molecular flexibility index (Phi) is 8.88. The summed E-state index contributed by atoms with van der Waals surface area (Å²) in [5.74, 6) is -0.227. The first-order valence-electron chi connectivity index (χ1n) is 7.71. The summed E-state index contributed by atoms with van der Waals surface area (Å²) in [7, 11) is 0. The van der Waals surface area contributed by atoms with Crippen molar-refractivity contribution in [2.24, 2.45) is 0 Å². The lowest BCUT2D eigenvalue weighted by atomic mass is 10.1. The van der Waals surface area contributed by atoms with Crippen molar-refractivity contribution in [1.82, 2.24) is 10.3 Å². The molecule has 0 saturated carbocycles. The molecular formula is C18H20Cl2N2O4. The van der Waals surface area contributed by atoms with Gasteiger partial charge in [0, 0.05) is 17.4 Å². The quantitative estimate of drug-likeness (QED) is 0.572. The van der Waals surface area contributed by atoms with Gasteiger partial charge < -0.3 is 14.8 Å². The van der Waals surface area contributed by atoms with Crippen LogP contribution in [-0.2, 0) is 9.53 Å². The molecule has 2 rings (SSSR count). The Morgan fingerprint density at radius 3 is 2.54 bits per heavy atom. The zero-order valence-electron chi connectivity index (χ0n) is 14.5. The third kappa shape index (κ3) is 6.54. The van der Waals surface area contributed by atoms with Gasteiger partial charge in [-0.05, 0) is 49.2 Å². The first kappa shape index (κ1) is 21.7. The van der Waals surface area contributed by atoms with E-state index < -0.39 is 5.97 Å². The Bertz CT molecular complexity index is 731. The van der Waals surface area contributed by atoms with Crippen LogP contribution in [0.4, 0.5) is 0 Å². The molecule has 0 unspecified atom stereocenters. The van der Waals surface area contributed by atoms with Crippen LogP contribution < -0.4 is 10.1 Å². The number of benzene rings is 1. The lowest BCUT2D eigenvalue weighted by molar-refractivity contribution is -0.145. The van der Waals surface area contributed by atoms with E-state index in [1.54, 1.807) is 30.5 Å². The summed E-state index contributed by atoms with van der Waals surface area (Å²) >= 11 is 6.08. The van der Waals surface area contributed by atoms with E-state index >= 15 is 0 Å². The minimum atomic E-state index is -0.513. The number of amides is 1. The van der Waals surface area contributed by atoms with E-state index in [2.05, 4.69) is 10.3 Å². The molecule has 0 saturated heterocycles. The maximum Gasteiger partial charge on any atom is 0.344 e. The number of ether oxygens (including phenoxy) is 2. The Morgan fingerprint density at radius 1 is 1.23 bits per heavy atom. The second-order valence-electron chi connectivity index (χ2n) is 5.38. The fourth-order valence-corrected chi connectivity index (χ4v) is 2.21. The average Bonchev–Trinajstić information content (AvgIpc) is 2.62. The number of hydrogen-bond acceptors (Lipinski definition) is 5. The first-order chi connectivity index (χ1) is 12.0. The van der Waals surface area contributed by atoms with E-state index in [9.17, 15) is 9.59 Å². The Hall–Kier alpha value is -2.31. The monoisotopic (exact) mass is 398 g/mol. The fourth-order valence-electron chi connectivity index (χ4n) is 2.10. The highest BCUT2D eigenvalue weighted by molar-refractivity contribution is 6.32. The average molecular weight is 399 g/mol. The van der Waals surface area contributed by atoms with Crippen LogP contribution >= 0.6 is 24.0 Å². The summed E-state index contributed by atoms with van der Waals surface area (Å²) in [4.78, 5) is 27.3. The van der Waals surface area contributed by atoms with Gasteiger partial charge in [-0.2, -0.15) is 0 Å². The summed E-state index contributed by atoms with van der Waals surface area (Å²) in [6.07, 6.45) is 3.05. The SMILES string of the molecule is Cc1cc(OCC(=O)OCCNC(=O)c2cccnc2)cc(C)c1Cl.Cl. The number of esters is 1. The van der Waals surface area contributed by atoms with E-state index in [1.807, 2.05) is 13.8 Å². The Morgan fingerprint density at radius 2 is 1.92 bits per heavy atom. The van der Waals surface area contributed by atoms with Gasteiger partial charge in [0.25, 0.3) is 5.91 Å². The molecule has 1 heterocycles. The van der Waals surface area contributed by atoms with E-state index in [4.69, 9.17) is 21.1 Å². The number of nitrogens with one attached hydrogen (secondary N) is 1. The molecule has 6 nitrogen and oxygen atoms in total. The van der Waals surface area contributed by atoms with Gasteiger partial charge in [-0.15, -0.1) is 12.4 Å². The molecule has 0 spiro atoms. The summed E-state index contributed by atoms with van der Waals surface area (Å²) in [6, 6.07) is 6.85. The molecular weight excluding hydrogens is 379 g/mol. The van der Waals surface area contributed by atoms with Crippen molar-refractivity contribution in [2.45, 2.75) is 13.8 Å². The van der Waals surface area contributed by atoms with Crippen molar-refractivity contribution in [2.75, 3.05) is 19.8 Å². The number of aromatic nitrogens is 1. The van der Waals surface area contributed by atoms with Gasteiger partial charge in [-0.1, -0.05) is 11.6 Å². The van der Waals surface area contributed by atoms with Crippen LogP contribution in [0, 0.1) is 13.8 Å². The van der Waals surface area contributed by atoms with Crippen LogP contribution in [-0.4, -0.2) is 36.6 Å². The minimum Gasteiger partial charge on any atom is -0.482 e. The van der Waals surface area contributed by atoms with Gasteiger partial charge in [0.15, 0.2) is 6.61 Å². The van der Waals surface area contributed by atoms with Crippen molar-refractivity contribution < 1.29 is 19.1 Å². The maximum absolute atomic E-state index is 11.8. The minimum absolute atomic E-state index is 0. The molecule has 0 aliphatic rings. The number of rotatable bonds is 7. The van der Waals surface area contributed by atoms with Crippen LogP contribution in [0.5, 0.6) is 5.75 Å². The Labute approximate surface area is 163 Å². The largest absolute Gasteiger partial charge is 0.482 e.